The summed E-state index contributed by atoms with van der Waals surface area (Å²) in [6.45, 7) is 9.05. The Labute approximate surface area is 151 Å². The lowest BCUT2D eigenvalue weighted by Crippen LogP contribution is -2.45. The van der Waals surface area contributed by atoms with Crippen LogP contribution in [0, 0.1) is 0 Å². The number of hydrogen-bond acceptors (Lipinski definition) is 4. The van der Waals surface area contributed by atoms with Crippen molar-refractivity contribution in [2.24, 2.45) is 0 Å². The number of benzene rings is 1. The highest BCUT2D eigenvalue weighted by Crippen LogP contribution is 2.27. The number of nitrogens with one attached hydrogen (secondary N) is 1. The Kier molecular flexibility index (Phi) is 8.93. The number of alkyl carbamates (subject to hydrolysis) is 1. The van der Waals surface area contributed by atoms with Crippen molar-refractivity contribution in [2.45, 2.75) is 58.0 Å². The summed E-state index contributed by atoms with van der Waals surface area (Å²) in [5.41, 5.74) is -0.167. The van der Waals surface area contributed by atoms with Gasteiger partial charge in [0.05, 0.1) is 6.61 Å². The third kappa shape index (κ3) is 7.88. The topological polar surface area (TPSA) is 67.8 Å². The maximum atomic E-state index is 12.0. The molecule has 1 atom stereocenters. The molecule has 1 aromatic carbocycles. The van der Waals surface area contributed by atoms with Gasteiger partial charge in [0, 0.05) is 25.2 Å². The van der Waals surface area contributed by atoms with Crippen molar-refractivity contribution in [3.05, 3.63) is 35.9 Å². The van der Waals surface area contributed by atoms with E-state index < -0.39 is 17.1 Å². The first-order chi connectivity index (χ1) is 11.8. The van der Waals surface area contributed by atoms with Crippen molar-refractivity contribution in [3.63, 3.8) is 0 Å². The highest BCUT2D eigenvalue weighted by molar-refractivity contribution is 5.67. The van der Waals surface area contributed by atoms with Crippen LogP contribution in [0.25, 0.3) is 0 Å². The summed E-state index contributed by atoms with van der Waals surface area (Å²) in [5, 5.41) is 12.9. The number of rotatable bonds is 10. The van der Waals surface area contributed by atoms with Crippen LogP contribution in [-0.2, 0) is 14.9 Å². The van der Waals surface area contributed by atoms with E-state index >= 15 is 0 Å². The number of aliphatic hydroxyl groups is 1. The van der Waals surface area contributed by atoms with Crippen LogP contribution in [0.4, 0.5) is 4.79 Å². The maximum Gasteiger partial charge on any atom is 0.407 e. The summed E-state index contributed by atoms with van der Waals surface area (Å²) >= 11 is 0. The molecule has 0 fully saturated rings. The molecule has 0 spiro atoms. The smallest absolute Gasteiger partial charge is 0.407 e. The van der Waals surface area contributed by atoms with Gasteiger partial charge in [-0.15, -0.1) is 0 Å². The number of carbonyl (C=O) groups excluding carboxylic acids is 1. The van der Waals surface area contributed by atoms with Crippen LogP contribution in [0.1, 0.15) is 52.5 Å². The van der Waals surface area contributed by atoms with Crippen molar-refractivity contribution >= 4 is 6.09 Å². The summed E-state index contributed by atoms with van der Waals surface area (Å²) in [6, 6.07) is 9.75. The van der Waals surface area contributed by atoms with Crippen LogP contribution >= 0.6 is 0 Å². The van der Waals surface area contributed by atoms with Crippen molar-refractivity contribution in [1.29, 1.82) is 0 Å². The first-order valence-corrected chi connectivity index (χ1v) is 9.04. The minimum Gasteiger partial charge on any atom is -0.444 e. The first-order valence-electron chi connectivity index (χ1n) is 9.04. The largest absolute Gasteiger partial charge is 0.444 e. The SMILES string of the molecule is CCCCOCCC(CO)(CNC(=O)OC(C)(C)C)c1ccccc1. The number of ether oxygens (including phenoxy) is 2. The minimum atomic E-state index is -0.593. The third-order valence-corrected chi connectivity index (χ3v) is 4.03. The van der Waals surface area contributed by atoms with E-state index in [0.29, 0.717) is 26.2 Å². The fourth-order valence-corrected chi connectivity index (χ4v) is 2.52. The van der Waals surface area contributed by atoms with Crippen LogP contribution in [0.5, 0.6) is 0 Å². The molecule has 0 aliphatic heterocycles. The summed E-state index contributed by atoms with van der Waals surface area (Å²) in [7, 11) is 0. The lowest BCUT2D eigenvalue weighted by molar-refractivity contribution is 0.0478. The molecular formula is C20H33NO4. The van der Waals surface area contributed by atoms with Gasteiger partial charge in [0.25, 0.3) is 0 Å². The van der Waals surface area contributed by atoms with Gasteiger partial charge in [0.1, 0.15) is 5.60 Å². The fourth-order valence-electron chi connectivity index (χ4n) is 2.52. The van der Waals surface area contributed by atoms with Crippen LogP contribution in [0.3, 0.4) is 0 Å². The molecule has 0 aromatic heterocycles. The molecule has 142 valence electrons. The molecule has 25 heavy (non-hydrogen) atoms. The van der Waals surface area contributed by atoms with E-state index in [0.717, 1.165) is 18.4 Å². The molecule has 2 N–H and O–H groups in total. The Bertz CT molecular complexity index is 498. The van der Waals surface area contributed by atoms with Crippen LogP contribution in [0.2, 0.25) is 0 Å². The Hall–Kier alpha value is -1.59. The summed E-state index contributed by atoms with van der Waals surface area (Å²) in [5.74, 6) is 0. The Morgan fingerprint density at radius 2 is 1.84 bits per heavy atom. The number of hydrogen-bond donors (Lipinski definition) is 2. The van der Waals surface area contributed by atoms with E-state index in [1.165, 1.54) is 0 Å². The molecule has 1 aromatic rings. The second-order valence-corrected chi connectivity index (χ2v) is 7.38. The molecule has 0 aliphatic rings. The van der Waals surface area contributed by atoms with Gasteiger partial charge in [0.2, 0.25) is 0 Å². The van der Waals surface area contributed by atoms with Gasteiger partial charge in [-0.1, -0.05) is 43.7 Å². The number of aliphatic hydroxyl groups excluding tert-OH is 1. The summed E-state index contributed by atoms with van der Waals surface area (Å²) in [6.07, 6.45) is 2.25. The zero-order valence-electron chi connectivity index (χ0n) is 16.0. The molecule has 0 heterocycles. The molecule has 0 saturated heterocycles. The Balaban J connectivity index is 2.78. The van der Waals surface area contributed by atoms with Gasteiger partial charge in [-0.25, -0.2) is 4.79 Å². The molecular weight excluding hydrogens is 318 g/mol. The van der Waals surface area contributed by atoms with Gasteiger partial charge in [-0.05, 0) is 39.2 Å². The van der Waals surface area contributed by atoms with E-state index in [1.54, 1.807) is 0 Å². The van der Waals surface area contributed by atoms with Crippen LogP contribution in [-0.4, -0.2) is 43.2 Å². The lowest BCUT2D eigenvalue weighted by atomic mass is 9.78. The van der Waals surface area contributed by atoms with Crippen molar-refractivity contribution in [3.8, 4) is 0 Å². The summed E-state index contributed by atoms with van der Waals surface area (Å²) < 4.78 is 11.0. The summed E-state index contributed by atoms with van der Waals surface area (Å²) in [4.78, 5) is 12.0. The third-order valence-electron chi connectivity index (χ3n) is 4.03. The molecule has 0 bridgehead atoms. The van der Waals surface area contributed by atoms with E-state index in [2.05, 4.69) is 12.2 Å². The van der Waals surface area contributed by atoms with E-state index in [1.807, 2.05) is 51.1 Å². The highest BCUT2D eigenvalue weighted by atomic mass is 16.6. The van der Waals surface area contributed by atoms with E-state index in [-0.39, 0.29) is 6.61 Å². The molecule has 0 saturated carbocycles. The number of carbonyl (C=O) groups is 1. The zero-order chi connectivity index (χ0) is 18.8. The Morgan fingerprint density at radius 1 is 1.16 bits per heavy atom. The van der Waals surface area contributed by atoms with Gasteiger partial charge in [-0.2, -0.15) is 0 Å². The quantitative estimate of drug-likeness (QED) is 0.632. The van der Waals surface area contributed by atoms with Gasteiger partial charge < -0.3 is 19.9 Å². The normalized spacial score (nSPS) is 14.0. The minimum absolute atomic E-state index is 0.0794. The van der Waals surface area contributed by atoms with Crippen LogP contribution < -0.4 is 5.32 Å². The van der Waals surface area contributed by atoms with Crippen LogP contribution in [0.15, 0.2) is 30.3 Å². The fraction of sp³-hybridized carbons (Fsp3) is 0.650. The first kappa shape index (κ1) is 21.5. The average Bonchev–Trinajstić information content (AvgIpc) is 2.57. The standard InChI is InChI=1S/C20H33NO4/c1-5-6-13-24-14-12-20(16-22,17-10-8-7-9-11-17)15-21-18(23)25-19(2,3)4/h7-11,22H,5-6,12-16H2,1-4H3,(H,21,23). The van der Waals surface area contributed by atoms with Crippen molar-refractivity contribution in [1.82, 2.24) is 5.32 Å². The van der Waals surface area contributed by atoms with E-state index in [4.69, 9.17) is 9.47 Å². The van der Waals surface area contributed by atoms with Gasteiger partial charge >= 0.3 is 6.09 Å². The van der Waals surface area contributed by atoms with Gasteiger partial charge in [0.15, 0.2) is 0 Å². The predicted molar refractivity (Wildman–Crippen MR) is 99.8 cm³/mol. The highest BCUT2D eigenvalue weighted by Gasteiger charge is 2.32. The van der Waals surface area contributed by atoms with Crippen molar-refractivity contribution in [2.75, 3.05) is 26.4 Å². The second-order valence-electron chi connectivity index (χ2n) is 7.38. The molecule has 1 amide bonds. The molecule has 1 unspecified atom stereocenters. The lowest BCUT2D eigenvalue weighted by Gasteiger charge is -2.33. The van der Waals surface area contributed by atoms with Gasteiger partial charge in [-0.3, -0.25) is 0 Å². The number of unbranched alkanes of at least 4 members (excludes halogenated alkanes) is 1. The van der Waals surface area contributed by atoms with E-state index in [9.17, 15) is 9.90 Å². The molecule has 0 aliphatic carbocycles. The van der Waals surface area contributed by atoms with Crippen molar-refractivity contribution < 1.29 is 19.4 Å². The molecule has 5 nitrogen and oxygen atoms in total. The second kappa shape index (κ2) is 10.4. The molecule has 5 heteroatoms. The Morgan fingerprint density at radius 3 is 2.40 bits per heavy atom. The maximum absolute atomic E-state index is 12.0. The monoisotopic (exact) mass is 351 g/mol. The predicted octanol–water partition coefficient (Wildman–Crippen LogP) is 3.65. The average molecular weight is 351 g/mol. The molecule has 1 rings (SSSR count). The number of amides is 1. The molecule has 0 radical (unpaired) electrons. The zero-order valence-corrected chi connectivity index (χ0v) is 16.0.